The van der Waals surface area contributed by atoms with Crippen LogP contribution >= 0.6 is 0 Å². The molecule has 0 saturated carbocycles. The highest BCUT2D eigenvalue weighted by Gasteiger charge is 2.03. The molecule has 4 heteroatoms. The number of carboxylic acids is 1. The molecule has 64 valence electrons. The van der Waals surface area contributed by atoms with Crippen LogP contribution in [0.3, 0.4) is 0 Å². The fourth-order valence-corrected chi connectivity index (χ4v) is 1.50. The van der Waals surface area contributed by atoms with Gasteiger partial charge in [-0.1, -0.05) is 19.0 Å². The molecule has 3 nitrogen and oxygen atoms in total. The molecule has 0 aromatic rings. The van der Waals surface area contributed by atoms with Gasteiger partial charge in [0.25, 0.3) is 0 Å². The van der Waals surface area contributed by atoms with Gasteiger partial charge in [0.1, 0.15) is 0 Å². The molecule has 1 N–H and O–H groups in total. The molecular formula is C7H14O3Si. The molecule has 0 heterocycles. The highest BCUT2D eigenvalue weighted by molar-refractivity contribution is 6.35. The lowest BCUT2D eigenvalue weighted by Gasteiger charge is -1.98. The van der Waals surface area contributed by atoms with Crippen LogP contribution in [0.1, 0.15) is 19.8 Å². The number of aliphatic carboxylic acids is 1. The van der Waals surface area contributed by atoms with Crippen molar-refractivity contribution in [2.45, 2.75) is 19.8 Å². The van der Waals surface area contributed by atoms with Crippen molar-refractivity contribution in [3.63, 3.8) is 0 Å². The normalized spacial score (nSPS) is 12.7. The third-order valence-corrected chi connectivity index (χ3v) is 2.28. The molecule has 0 unspecified atom stereocenters. The van der Waals surface area contributed by atoms with Crippen LogP contribution in [0.4, 0.5) is 0 Å². The summed E-state index contributed by atoms with van der Waals surface area (Å²) in [6, 6.07) is 0. The molecule has 11 heavy (non-hydrogen) atoms. The minimum absolute atomic E-state index is 0.501. The Morgan fingerprint density at radius 2 is 2.36 bits per heavy atom. The largest absolute Gasteiger partial charge is 0.478 e. The Bertz CT molecular complexity index is 154. The van der Waals surface area contributed by atoms with E-state index in [0.717, 1.165) is 6.42 Å². The van der Waals surface area contributed by atoms with Crippen molar-refractivity contribution < 1.29 is 14.3 Å². The lowest BCUT2D eigenvalue weighted by Crippen LogP contribution is -2.03. The summed E-state index contributed by atoms with van der Waals surface area (Å²) in [7, 11) is 0.874. The van der Waals surface area contributed by atoms with Crippen molar-refractivity contribution in [1.29, 1.82) is 0 Å². The first-order valence-corrected chi connectivity index (χ1v) is 5.03. The van der Waals surface area contributed by atoms with Crippen molar-refractivity contribution in [2.24, 2.45) is 0 Å². The van der Waals surface area contributed by atoms with Crippen molar-refractivity contribution >= 4 is 15.7 Å². The van der Waals surface area contributed by atoms with Gasteiger partial charge in [-0.3, -0.25) is 0 Å². The van der Waals surface area contributed by atoms with E-state index in [9.17, 15) is 4.79 Å². The molecule has 0 atom stereocenters. The third kappa shape index (κ3) is 4.75. The van der Waals surface area contributed by atoms with E-state index in [4.69, 9.17) is 9.53 Å². The zero-order valence-corrected chi connectivity index (χ0v) is 8.38. The molecule has 0 fully saturated rings. The summed E-state index contributed by atoms with van der Waals surface area (Å²) in [5.41, 5.74) is 2.24. The molecule has 0 aromatic heterocycles. The van der Waals surface area contributed by atoms with Crippen LogP contribution in [-0.2, 0) is 9.22 Å². The Balaban J connectivity index is 3.97. The van der Waals surface area contributed by atoms with Crippen molar-refractivity contribution in [2.75, 3.05) is 7.11 Å². The van der Waals surface area contributed by atoms with Crippen molar-refractivity contribution in [3.05, 3.63) is 11.3 Å². The number of hydrogen-bond donors (Lipinski definition) is 1. The Morgan fingerprint density at radius 1 is 1.73 bits per heavy atom. The van der Waals surface area contributed by atoms with Gasteiger partial charge in [0.15, 0.2) is 9.76 Å². The van der Waals surface area contributed by atoms with E-state index >= 15 is 0 Å². The van der Waals surface area contributed by atoms with Crippen LogP contribution < -0.4 is 0 Å². The lowest BCUT2D eigenvalue weighted by molar-refractivity contribution is -0.132. The molecule has 0 bridgehead atoms. The number of rotatable bonds is 5. The molecule has 0 aliphatic heterocycles. The van der Waals surface area contributed by atoms with E-state index in [1.807, 2.05) is 6.92 Å². The van der Waals surface area contributed by atoms with Gasteiger partial charge < -0.3 is 9.53 Å². The molecule has 0 rings (SSSR count). The molecular weight excluding hydrogens is 160 g/mol. The summed E-state index contributed by atoms with van der Waals surface area (Å²) < 4.78 is 4.87. The molecule has 0 aliphatic rings. The Labute approximate surface area is 69.0 Å². The van der Waals surface area contributed by atoms with Gasteiger partial charge in [0, 0.05) is 12.7 Å². The van der Waals surface area contributed by atoms with Crippen molar-refractivity contribution in [3.8, 4) is 0 Å². The SMILES string of the molecule is CCCC(=C[SiH2]OC)C(=O)O. The van der Waals surface area contributed by atoms with E-state index in [2.05, 4.69) is 0 Å². The Hall–Kier alpha value is -0.613. The van der Waals surface area contributed by atoms with Gasteiger partial charge in [-0.15, -0.1) is 0 Å². The minimum Gasteiger partial charge on any atom is -0.478 e. The average Bonchev–Trinajstić information content (AvgIpc) is 1.97. The monoisotopic (exact) mass is 174 g/mol. The maximum absolute atomic E-state index is 10.5. The highest BCUT2D eigenvalue weighted by Crippen LogP contribution is 2.03. The van der Waals surface area contributed by atoms with Gasteiger partial charge in [-0.05, 0) is 6.42 Å². The van der Waals surface area contributed by atoms with Crippen LogP contribution in [0.25, 0.3) is 0 Å². The molecule has 0 aliphatic carbocycles. The Kier molecular flexibility index (Phi) is 5.78. The fourth-order valence-electron chi connectivity index (χ4n) is 0.750. The quantitative estimate of drug-likeness (QED) is 0.487. The predicted octanol–water partition coefficient (Wildman–Crippen LogP) is 0.485. The van der Waals surface area contributed by atoms with Gasteiger partial charge in [0.05, 0.1) is 0 Å². The Morgan fingerprint density at radius 3 is 2.73 bits per heavy atom. The van der Waals surface area contributed by atoms with Crippen molar-refractivity contribution in [1.82, 2.24) is 0 Å². The van der Waals surface area contributed by atoms with Crippen LogP contribution in [0.2, 0.25) is 0 Å². The number of hydrogen-bond acceptors (Lipinski definition) is 2. The van der Waals surface area contributed by atoms with Crippen LogP contribution in [0.15, 0.2) is 11.3 Å². The summed E-state index contributed by atoms with van der Waals surface area (Å²) in [4.78, 5) is 10.5. The number of carboxylic acid groups (broad SMARTS) is 1. The molecule has 0 aromatic carbocycles. The zero-order chi connectivity index (χ0) is 8.69. The van der Waals surface area contributed by atoms with Crippen LogP contribution in [0.5, 0.6) is 0 Å². The first kappa shape index (κ1) is 10.4. The first-order chi connectivity index (χ1) is 5.22. The minimum atomic E-state index is -0.809. The van der Waals surface area contributed by atoms with Gasteiger partial charge in [-0.25, -0.2) is 4.79 Å². The fraction of sp³-hybridized carbons (Fsp3) is 0.571. The maximum atomic E-state index is 10.5. The second-order valence-corrected chi connectivity index (χ2v) is 3.56. The third-order valence-electron chi connectivity index (χ3n) is 1.29. The molecule has 0 spiro atoms. The van der Waals surface area contributed by atoms with E-state index < -0.39 is 15.7 Å². The first-order valence-electron chi connectivity index (χ1n) is 3.63. The van der Waals surface area contributed by atoms with Gasteiger partial charge in [0.2, 0.25) is 0 Å². The standard InChI is InChI=1S/C7H14O3Si/c1-3-4-6(7(8)9)5-11-10-2/h5H,3-4,11H2,1-2H3,(H,8,9). The topological polar surface area (TPSA) is 46.5 Å². The second-order valence-electron chi connectivity index (χ2n) is 2.24. The van der Waals surface area contributed by atoms with E-state index in [-0.39, 0.29) is 0 Å². The molecule has 0 radical (unpaired) electrons. The molecule has 0 amide bonds. The summed E-state index contributed by atoms with van der Waals surface area (Å²) in [5.74, 6) is -0.809. The zero-order valence-electron chi connectivity index (χ0n) is 6.96. The smallest absolute Gasteiger partial charge is 0.330 e. The predicted molar refractivity (Wildman–Crippen MR) is 46.2 cm³/mol. The summed E-state index contributed by atoms with van der Waals surface area (Å²) in [6.45, 7) is 1.96. The maximum Gasteiger partial charge on any atom is 0.330 e. The average molecular weight is 174 g/mol. The summed E-state index contributed by atoms with van der Waals surface area (Å²) in [5, 5.41) is 8.63. The van der Waals surface area contributed by atoms with E-state index in [1.165, 1.54) is 0 Å². The van der Waals surface area contributed by atoms with Crippen LogP contribution in [-0.4, -0.2) is 27.9 Å². The van der Waals surface area contributed by atoms with E-state index in [1.54, 1.807) is 12.8 Å². The number of carbonyl (C=O) groups is 1. The summed E-state index contributed by atoms with van der Waals surface area (Å²) in [6.07, 6.45) is 1.52. The van der Waals surface area contributed by atoms with Gasteiger partial charge >= 0.3 is 5.97 Å². The highest BCUT2D eigenvalue weighted by atomic mass is 28.2. The van der Waals surface area contributed by atoms with Gasteiger partial charge in [-0.2, -0.15) is 0 Å². The van der Waals surface area contributed by atoms with E-state index in [0.29, 0.717) is 12.0 Å². The van der Waals surface area contributed by atoms with Crippen LogP contribution in [0, 0.1) is 0 Å². The lowest BCUT2D eigenvalue weighted by atomic mass is 10.2. The summed E-state index contributed by atoms with van der Waals surface area (Å²) >= 11 is 0. The second kappa shape index (κ2) is 6.12. The molecule has 0 saturated heterocycles.